The average Bonchev–Trinajstić information content (AvgIpc) is 2.38. The Balaban J connectivity index is 2.12. The van der Waals surface area contributed by atoms with E-state index < -0.39 is 0 Å². The fourth-order valence-corrected chi connectivity index (χ4v) is 2.99. The zero-order chi connectivity index (χ0) is 14.0. The molecule has 1 atom stereocenters. The molecule has 0 unspecified atom stereocenters. The minimum absolute atomic E-state index is 0.0280. The summed E-state index contributed by atoms with van der Waals surface area (Å²) in [7, 11) is 4.32. The van der Waals surface area contributed by atoms with E-state index in [9.17, 15) is 0 Å². The van der Waals surface area contributed by atoms with Crippen LogP contribution in [-0.4, -0.2) is 38.1 Å². The lowest BCUT2D eigenvalue weighted by atomic mass is 10.0. The smallest absolute Gasteiger partial charge is 0.0642 e. The first kappa shape index (κ1) is 14.6. The SMILES string of the molecule is C[C@@H](N)c1ccc(N(C)C2CCN(C)CC2)c(Cl)c1. The molecule has 19 heavy (non-hydrogen) atoms. The third-order valence-electron chi connectivity index (χ3n) is 4.11. The molecule has 3 nitrogen and oxygen atoms in total. The van der Waals surface area contributed by atoms with Crippen LogP contribution in [-0.2, 0) is 0 Å². The summed E-state index contributed by atoms with van der Waals surface area (Å²) in [5.41, 5.74) is 8.09. The molecule has 1 saturated heterocycles. The number of rotatable bonds is 3. The molecule has 1 heterocycles. The lowest BCUT2D eigenvalue weighted by Crippen LogP contribution is -2.42. The molecular formula is C15H24ClN3. The number of nitrogens with zero attached hydrogens (tertiary/aromatic N) is 2. The van der Waals surface area contributed by atoms with Gasteiger partial charge in [0.05, 0.1) is 10.7 Å². The normalized spacial score (nSPS) is 19.4. The quantitative estimate of drug-likeness (QED) is 0.925. The van der Waals surface area contributed by atoms with E-state index in [1.54, 1.807) is 0 Å². The van der Waals surface area contributed by atoms with Gasteiger partial charge in [-0.05, 0) is 57.6 Å². The standard InChI is InChI=1S/C15H24ClN3/c1-11(17)12-4-5-15(14(16)10-12)19(3)13-6-8-18(2)9-7-13/h4-5,10-11,13H,6-9,17H2,1-3H3/t11-/m1/s1. The van der Waals surface area contributed by atoms with Crippen LogP contribution >= 0.6 is 11.6 Å². The van der Waals surface area contributed by atoms with Crippen molar-refractivity contribution in [2.24, 2.45) is 5.73 Å². The maximum atomic E-state index is 6.41. The molecule has 0 spiro atoms. The van der Waals surface area contributed by atoms with Gasteiger partial charge in [0.2, 0.25) is 0 Å². The van der Waals surface area contributed by atoms with Gasteiger partial charge in [0.25, 0.3) is 0 Å². The summed E-state index contributed by atoms with van der Waals surface area (Å²) in [4.78, 5) is 4.70. The fourth-order valence-electron chi connectivity index (χ4n) is 2.67. The highest BCUT2D eigenvalue weighted by Gasteiger charge is 2.22. The number of nitrogens with two attached hydrogens (primary N) is 1. The summed E-state index contributed by atoms with van der Waals surface area (Å²) in [5, 5.41) is 0.802. The summed E-state index contributed by atoms with van der Waals surface area (Å²) in [6, 6.07) is 6.78. The van der Waals surface area contributed by atoms with Gasteiger partial charge in [-0.2, -0.15) is 0 Å². The van der Waals surface area contributed by atoms with Gasteiger partial charge < -0.3 is 15.5 Å². The third-order valence-corrected chi connectivity index (χ3v) is 4.42. The number of benzene rings is 1. The Hall–Kier alpha value is -0.770. The zero-order valence-corrected chi connectivity index (χ0v) is 12.8. The first-order valence-corrected chi connectivity index (χ1v) is 7.33. The number of hydrogen-bond acceptors (Lipinski definition) is 3. The fraction of sp³-hybridized carbons (Fsp3) is 0.600. The molecule has 0 saturated carbocycles. The second-order valence-electron chi connectivity index (χ2n) is 5.64. The molecule has 0 bridgehead atoms. The predicted octanol–water partition coefficient (Wildman–Crippen LogP) is 2.89. The highest BCUT2D eigenvalue weighted by molar-refractivity contribution is 6.33. The number of hydrogen-bond donors (Lipinski definition) is 1. The lowest BCUT2D eigenvalue weighted by molar-refractivity contribution is 0.253. The Bertz CT molecular complexity index is 425. The number of halogens is 1. The van der Waals surface area contributed by atoms with E-state index >= 15 is 0 Å². The van der Waals surface area contributed by atoms with E-state index in [-0.39, 0.29) is 6.04 Å². The molecular weight excluding hydrogens is 258 g/mol. The largest absolute Gasteiger partial charge is 0.370 e. The molecule has 2 rings (SSSR count). The van der Waals surface area contributed by atoms with Crippen LogP contribution in [0, 0.1) is 0 Å². The van der Waals surface area contributed by atoms with Crippen molar-refractivity contribution in [3.8, 4) is 0 Å². The summed E-state index contributed by atoms with van der Waals surface area (Å²) in [6.45, 7) is 4.29. The molecule has 1 fully saturated rings. The molecule has 4 heteroatoms. The highest BCUT2D eigenvalue weighted by Crippen LogP contribution is 2.31. The van der Waals surface area contributed by atoms with Crippen LogP contribution in [0.25, 0.3) is 0 Å². The van der Waals surface area contributed by atoms with Gasteiger partial charge in [-0.1, -0.05) is 17.7 Å². The number of anilines is 1. The van der Waals surface area contributed by atoms with Crippen molar-refractivity contribution < 1.29 is 0 Å². The Morgan fingerprint density at radius 3 is 2.53 bits per heavy atom. The maximum absolute atomic E-state index is 6.41. The first-order valence-electron chi connectivity index (χ1n) is 6.95. The van der Waals surface area contributed by atoms with Crippen LogP contribution in [0.3, 0.4) is 0 Å². The monoisotopic (exact) mass is 281 g/mol. The van der Waals surface area contributed by atoms with E-state index in [0.717, 1.165) is 29.4 Å². The molecule has 106 valence electrons. The van der Waals surface area contributed by atoms with Gasteiger partial charge in [-0.3, -0.25) is 0 Å². The van der Waals surface area contributed by atoms with Gasteiger partial charge in [0.1, 0.15) is 0 Å². The van der Waals surface area contributed by atoms with E-state index in [1.807, 2.05) is 13.0 Å². The van der Waals surface area contributed by atoms with E-state index in [2.05, 4.69) is 36.0 Å². The van der Waals surface area contributed by atoms with Gasteiger partial charge in [-0.15, -0.1) is 0 Å². The zero-order valence-electron chi connectivity index (χ0n) is 12.1. The molecule has 1 aliphatic heterocycles. The minimum atomic E-state index is 0.0280. The average molecular weight is 282 g/mol. The first-order chi connectivity index (χ1) is 8.99. The van der Waals surface area contributed by atoms with Crippen LogP contribution in [0.1, 0.15) is 31.4 Å². The Kier molecular flexibility index (Phi) is 4.71. The van der Waals surface area contributed by atoms with Crippen LogP contribution in [0.5, 0.6) is 0 Å². The maximum Gasteiger partial charge on any atom is 0.0642 e. The van der Waals surface area contributed by atoms with Crippen molar-refractivity contribution >= 4 is 17.3 Å². The topological polar surface area (TPSA) is 32.5 Å². The number of piperidine rings is 1. The van der Waals surface area contributed by atoms with Crippen LogP contribution < -0.4 is 10.6 Å². The predicted molar refractivity (Wildman–Crippen MR) is 83.0 cm³/mol. The van der Waals surface area contributed by atoms with Crippen molar-refractivity contribution in [2.45, 2.75) is 31.8 Å². The van der Waals surface area contributed by atoms with Crippen LogP contribution in [0.4, 0.5) is 5.69 Å². The molecule has 1 aromatic rings. The summed E-state index contributed by atoms with van der Waals surface area (Å²) >= 11 is 6.41. The molecule has 0 radical (unpaired) electrons. The van der Waals surface area contributed by atoms with E-state index in [0.29, 0.717) is 6.04 Å². The molecule has 0 aliphatic carbocycles. The third kappa shape index (κ3) is 3.41. The van der Waals surface area contributed by atoms with E-state index in [4.69, 9.17) is 17.3 Å². The second kappa shape index (κ2) is 6.12. The van der Waals surface area contributed by atoms with Crippen molar-refractivity contribution in [3.05, 3.63) is 28.8 Å². The molecule has 2 N–H and O–H groups in total. The number of likely N-dealkylation sites (tertiary alicyclic amines) is 1. The molecule has 1 aromatic carbocycles. The van der Waals surface area contributed by atoms with Crippen LogP contribution in [0.15, 0.2) is 18.2 Å². The van der Waals surface area contributed by atoms with Crippen molar-refractivity contribution in [2.75, 3.05) is 32.1 Å². The highest BCUT2D eigenvalue weighted by atomic mass is 35.5. The molecule has 1 aliphatic rings. The summed E-state index contributed by atoms with van der Waals surface area (Å²) in [5.74, 6) is 0. The van der Waals surface area contributed by atoms with Gasteiger partial charge in [-0.25, -0.2) is 0 Å². The summed E-state index contributed by atoms with van der Waals surface area (Å²) < 4.78 is 0. The van der Waals surface area contributed by atoms with Gasteiger partial charge >= 0.3 is 0 Å². The lowest BCUT2D eigenvalue weighted by Gasteiger charge is -2.36. The molecule has 0 amide bonds. The van der Waals surface area contributed by atoms with Crippen molar-refractivity contribution in [1.82, 2.24) is 4.90 Å². The summed E-state index contributed by atoms with van der Waals surface area (Å²) in [6.07, 6.45) is 2.39. The Morgan fingerprint density at radius 2 is 2.00 bits per heavy atom. The molecule has 0 aromatic heterocycles. The Morgan fingerprint density at radius 1 is 1.37 bits per heavy atom. The van der Waals surface area contributed by atoms with E-state index in [1.165, 1.54) is 12.8 Å². The van der Waals surface area contributed by atoms with Crippen molar-refractivity contribution in [3.63, 3.8) is 0 Å². The Labute approximate surface area is 121 Å². The second-order valence-corrected chi connectivity index (χ2v) is 6.05. The van der Waals surface area contributed by atoms with Crippen molar-refractivity contribution in [1.29, 1.82) is 0 Å². The minimum Gasteiger partial charge on any atom is -0.370 e. The van der Waals surface area contributed by atoms with Gasteiger partial charge in [0, 0.05) is 19.1 Å². The van der Waals surface area contributed by atoms with Gasteiger partial charge in [0.15, 0.2) is 0 Å². The van der Waals surface area contributed by atoms with Crippen LogP contribution in [0.2, 0.25) is 5.02 Å².